The smallest absolute Gasteiger partial charge is 0.337 e. The Morgan fingerprint density at radius 3 is 2.72 bits per heavy atom. The summed E-state index contributed by atoms with van der Waals surface area (Å²) in [6, 6.07) is 5.03. The number of anilines is 1. The SMILES string of the molecule is CN(CC1CCCC1)c1c(Cl)cccc1C(=O)O. The molecule has 0 atom stereocenters. The highest BCUT2D eigenvalue weighted by molar-refractivity contribution is 6.34. The highest BCUT2D eigenvalue weighted by atomic mass is 35.5. The Balaban J connectivity index is 2.22. The van der Waals surface area contributed by atoms with Crippen LogP contribution in [0.5, 0.6) is 0 Å². The van der Waals surface area contributed by atoms with Gasteiger partial charge in [0.1, 0.15) is 0 Å². The second-order valence-electron chi connectivity index (χ2n) is 4.97. The van der Waals surface area contributed by atoms with E-state index in [1.807, 2.05) is 11.9 Å². The van der Waals surface area contributed by atoms with Crippen LogP contribution < -0.4 is 4.90 Å². The highest BCUT2D eigenvalue weighted by Gasteiger charge is 2.21. The number of carboxylic acids is 1. The first kappa shape index (κ1) is 13.2. The van der Waals surface area contributed by atoms with Crippen LogP contribution in [0.2, 0.25) is 5.02 Å². The molecular formula is C14H18ClNO2. The molecule has 0 aromatic heterocycles. The molecule has 1 aliphatic carbocycles. The average molecular weight is 268 g/mol. The number of nitrogens with zero attached hydrogens (tertiary/aromatic N) is 1. The van der Waals surface area contributed by atoms with Gasteiger partial charge in [0.05, 0.1) is 16.3 Å². The molecular weight excluding hydrogens is 250 g/mol. The van der Waals surface area contributed by atoms with Gasteiger partial charge in [0.15, 0.2) is 0 Å². The minimum Gasteiger partial charge on any atom is -0.478 e. The Hall–Kier alpha value is -1.22. The van der Waals surface area contributed by atoms with E-state index in [-0.39, 0.29) is 5.56 Å². The van der Waals surface area contributed by atoms with Crippen LogP contribution in [-0.2, 0) is 0 Å². The zero-order chi connectivity index (χ0) is 13.1. The van der Waals surface area contributed by atoms with Crippen molar-refractivity contribution in [3.05, 3.63) is 28.8 Å². The molecule has 4 heteroatoms. The molecule has 0 heterocycles. The van der Waals surface area contributed by atoms with Gasteiger partial charge in [-0.05, 0) is 30.9 Å². The fourth-order valence-corrected chi connectivity index (χ4v) is 3.07. The molecule has 18 heavy (non-hydrogen) atoms. The molecule has 0 unspecified atom stereocenters. The van der Waals surface area contributed by atoms with Crippen LogP contribution in [-0.4, -0.2) is 24.7 Å². The molecule has 1 saturated carbocycles. The predicted octanol–water partition coefficient (Wildman–Crippen LogP) is 3.66. The average Bonchev–Trinajstić information content (AvgIpc) is 2.81. The van der Waals surface area contributed by atoms with E-state index in [0.29, 0.717) is 16.6 Å². The van der Waals surface area contributed by atoms with Gasteiger partial charge < -0.3 is 10.0 Å². The number of hydrogen-bond donors (Lipinski definition) is 1. The molecule has 0 saturated heterocycles. The van der Waals surface area contributed by atoms with Crippen molar-refractivity contribution < 1.29 is 9.90 Å². The van der Waals surface area contributed by atoms with Crippen molar-refractivity contribution in [2.24, 2.45) is 5.92 Å². The maximum absolute atomic E-state index is 11.2. The Kier molecular flexibility index (Phi) is 4.12. The van der Waals surface area contributed by atoms with Crippen LogP contribution in [0.1, 0.15) is 36.0 Å². The van der Waals surface area contributed by atoms with Crippen molar-refractivity contribution in [3.8, 4) is 0 Å². The lowest BCUT2D eigenvalue weighted by Gasteiger charge is -2.25. The van der Waals surface area contributed by atoms with Crippen LogP contribution in [0.15, 0.2) is 18.2 Å². The molecule has 1 fully saturated rings. The van der Waals surface area contributed by atoms with E-state index in [4.69, 9.17) is 11.6 Å². The molecule has 98 valence electrons. The first-order chi connectivity index (χ1) is 8.59. The van der Waals surface area contributed by atoms with Crippen LogP contribution in [0.25, 0.3) is 0 Å². The molecule has 0 aliphatic heterocycles. The quantitative estimate of drug-likeness (QED) is 0.905. The van der Waals surface area contributed by atoms with Gasteiger partial charge in [-0.25, -0.2) is 4.79 Å². The Bertz CT molecular complexity index is 441. The summed E-state index contributed by atoms with van der Waals surface area (Å²) < 4.78 is 0. The molecule has 3 nitrogen and oxygen atoms in total. The standard InChI is InChI=1S/C14H18ClNO2/c1-16(9-10-5-2-3-6-10)13-11(14(17)18)7-4-8-12(13)15/h4,7-8,10H,2-3,5-6,9H2,1H3,(H,17,18). The summed E-state index contributed by atoms with van der Waals surface area (Å²) in [5.74, 6) is -0.265. The summed E-state index contributed by atoms with van der Waals surface area (Å²) in [6.45, 7) is 0.879. The summed E-state index contributed by atoms with van der Waals surface area (Å²) >= 11 is 6.15. The summed E-state index contributed by atoms with van der Waals surface area (Å²) in [5.41, 5.74) is 0.918. The number of halogens is 1. The summed E-state index contributed by atoms with van der Waals surface area (Å²) in [5, 5.41) is 9.72. The Labute approximate surface area is 112 Å². The molecule has 1 aromatic carbocycles. The monoisotopic (exact) mass is 267 g/mol. The van der Waals surface area contributed by atoms with E-state index in [1.54, 1.807) is 18.2 Å². The van der Waals surface area contributed by atoms with Gasteiger partial charge in [0, 0.05) is 13.6 Å². The largest absolute Gasteiger partial charge is 0.478 e. The van der Waals surface area contributed by atoms with Crippen molar-refractivity contribution in [3.63, 3.8) is 0 Å². The maximum Gasteiger partial charge on any atom is 0.337 e. The first-order valence-electron chi connectivity index (χ1n) is 6.32. The second kappa shape index (κ2) is 5.61. The molecule has 0 amide bonds. The van der Waals surface area contributed by atoms with Crippen molar-refractivity contribution >= 4 is 23.3 Å². The van der Waals surface area contributed by atoms with Crippen molar-refractivity contribution in [1.82, 2.24) is 0 Å². The molecule has 2 rings (SSSR count). The summed E-state index contributed by atoms with van der Waals surface area (Å²) in [6.07, 6.45) is 5.04. The molecule has 1 N–H and O–H groups in total. The number of hydrogen-bond acceptors (Lipinski definition) is 2. The third-order valence-electron chi connectivity index (χ3n) is 3.61. The molecule has 1 aromatic rings. The van der Waals surface area contributed by atoms with Gasteiger partial charge in [-0.3, -0.25) is 0 Å². The van der Waals surface area contributed by atoms with E-state index >= 15 is 0 Å². The predicted molar refractivity (Wildman–Crippen MR) is 73.6 cm³/mol. The summed E-state index contributed by atoms with van der Waals surface area (Å²) in [7, 11) is 1.92. The molecule has 0 radical (unpaired) electrons. The van der Waals surface area contributed by atoms with Crippen LogP contribution in [0.3, 0.4) is 0 Å². The number of benzene rings is 1. The highest BCUT2D eigenvalue weighted by Crippen LogP contribution is 2.32. The van der Waals surface area contributed by atoms with Gasteiger partial charge in [0.2, 0.25) is 0 Å². The first-order valence-corrected chi connectivity index (χ1v) is 6.70. The second-order valence-corrected chi connectivity index (χ2v) is 5.38. The lowest BCUT2D eigenvalue weighted by Crippen LogP contribution is -2.26. The van der Waals surface area contributed by atoms with E-state index in [9.17, 15) is 9.90 Å². The zero-order valence-corrected chi connectivity index (χ0v) is 11.3. The maximum atomic E-state index is 11.2. The van der Waals surface area contributed by atoms with Gasteiger partial charge in [-0.1, -0.05) is 30.5 Å². The number of para-hydroxylation sites is 1. The van der Waals surface area contributed by atoms with Gasteiger partial charge in [0.25, 0.3) is 0 Å². The Morgan fingerprint density at radius 2 is 2.11 bits per heavy atom. The third kappa shape index (κ3) is 2.78. The van der Waals surface area contributed by atoms with Gasteiger partial charge >= 0.3 is 5.97 Å². The lowest BCUT2D eigenvalue weighted by molar-refractivity contribution is 0.0697. The van der Waals surface area contributed by atoms with Crippen LogP contribution >= 0.6 is 11.6 Å². The van der Waals surface area contributed by atoms with Crippen molar-refractivity contribution in [1.29, 1.82) is 0 Å². The molecule has 1 aliphatic rings. The van der Waals surface area contributed by atoms with Gasteiger partial charge in [-0.15, -0.1) is 0 Å². The number of carboxylic acid groups (broad SMARTS) is 1. The molecule has 0 spiro atoms. The van der Waals surface area contributed by atoms with E-state index < -0.39 is 5.97 Å². The summed E-state index contributed by atoms with van der Waals surface area (Å²) in [4.78, 5) is 13.2. The minimum atomic E-state index is -0.925. The third-order valence-corrected chi connectivity index (χ3v) is 3.91. The fraction of sp³-hybridized carbons (Fsp3) is 0.500. The number of carbonyl (C=O) groups is 1. The number of aromatic carboxylic acids is 1. The van der Waals surface area contributed by atoms with Crippen LogP contribution in [0, 0.1) is 5.92 Å². The Morgan fingerprint density at radius 1 is 1.44 bits per heavy atom. The van der Waals surface area contributed by atoms with E-state index in [1.165, 1.54) is 25.7 Å². The normalized spacial score (nSPS) is 15.9. The van der Waals surface area contributed by atoms with E-state index in [2.05, 4.69) is 0 Å². The zero-order valence-electron chi connectivity index (χ0n) is 10.5. The minimum absolute atomic E-state index is 0.281. The molecule has 0 bridgehead atoms. The van der Waals surface area contributed by atoms with Crippen molar-refractivity contribution in [2.75, 3.05) is 18.5 Å². The number of rotatable bonds is 4. The lowest BCUT2D eigenvalue weighted by atomic mass is 10.1. The van der Waals surface area contributed by atoms with Crippen LogP contribution in [0.4, 0.5) is 5.69 Å². The fourth-order valence-electron chi connectivity index (χ4n) is 2.75. The van der Waals surface area contributed by atoms with Crippen molar-refractivity contribution in [2.45, 2.75) is 25.7 Å². The topological polar surface area (TPSA) is 40.5 Å². The van der Waals surface area contributed by atoms with Gasteiger partial charge in [-0.2, -0.15) is 0 Å². The van der Waals surface area contributed by atoms with E-state index in [0.717, 1.165) is 6.54 Å².